The summed E-state index contributed by atoms with van der Waals surface area (Å²) >= 11 is 0. The molecule has 2 aromatic heterocycles. The second-order valence-electron chi connectivity index (χ2n) is 7.03. The van der Waals surface area contributed by atoms with Gasteiger partial charge in [0.1, 0.15) is 6.10 Å². The van der Waals surface area contributed by atoms with Crippen LogP contribution in [0.25, 0.3) is 22.3 Å². The van der Waals surface area contributed by atoms with E-state index in [4.69, 9.17) is 9.26 Å². The number of fused-ring (bicyclic) bond motifs is 1. The van der Waals surface area contributed by atoms with Crippen LogP contribution in [0, 0.1) is 6.92 Å². The Morgan fingerprint density at radius 2 is 2.07 bits per heavy atom. The number of carbonyl (C=O) groups is 1. The van der Waals surface area contributed by atoms with Crippen LogP contribution in [0.5, 0.6) is 0 Å². The molecular weight excluding hydrogens is 346 g/mol. The van der Waals surface area contributed by atoms with Gasteiger partial charge in [0.2, 0.25) is 11.7 Å². The summed E-state index contributed by atoms with van der Waals surface area (Å²) in [6.45, 7) is 2.00. The van der Waals surface area contributed by atoms with Gasteiger partial charge in [-0.2, -0.15) is 10.1 Å². The fraction of sp³-hybridized carbons (Fsp3) is 0.474. The van der Waals surface area contributed by atoms with Crippen molar-refractivity contribution in [2.75, 3.05) is 7.05 Å². The number of aryl methyl sites for hydroxylation is 2. The van der Waals surface area contributed by atoms with Crippen LogP contribution in [-0.2, 0) is 11.8 Å². The first kappa shape index (κ1) is 17.5. The summed E-state index contributed by atoms with van der Waals surface area (Å²) < 4.78 is 12.7. The number of carbonyl (C=O) groups excluding carboxylic acids is 1. The van der Waals surface area contributed by atoms with Crippen molar-refractivity contribution < 1.29 is 14.1 Å². The first-order valence-electron chi connectivity index (χ1n) is 9.21. The molecule has 4 rings (SSSR count). The quantitative estimate of drug-likeness (QED) is 0.761. The Morgan fingerprint density at radius 1 is 1.30 bits per heavy atom. The van der Waals surface area contributed by atoms with Crippen LogP contribution < -0.4 is 5.32 Å². The minimum atomic E-state index is -0.376. The van der Waals surface area contributed by atoms with Crippen LogP contribution in [0.15, 0.2) is 22.7 Å². The summed E-state index contributed by atoms with van der Waals surface area (Å²) in [6, 6.07) is 6.09. The monoisotopic (exact) mass is 369 g/mol. The second-order valence-corrected chi connectivity index (χ2v) is 7.03. The molecule has 1 fully saturated rings. The standard InChI is InChI=1S/C19H23N5O3/c1-11-15-9-6-13(10-16(15)24(3)22-11)17-21-18(27-23-17)12-4-7-14(8-5-12)26-19(25)20-2/h6,9-10,12,14H,4-5,7-8H2,1-3H3,(H,20,25)/t12-,14-. The van der Waals surface area contributed by atoms with Gasteiger partial charge in [-0.1, -0.05) is 17.3 Å². The van der Waals surface area contributed by atoms with E-state index in [1.807, 2.05) is 36.9 Å². The first-order chi connectivity index (χ1) is 13.0. The van der Waals surface area contributed by atoms with Gasteiger partial charge in [0.15, 0.2) is 0 Å². The van der Waals surface area contributed by atoms with Gasteiger partial charge < -0.3 is 14.6 Å². The normalized spacial score (nSPS) is 20.0. The lowest BCUT2D eigenvalue weighted by Crippen LogP contribution is -2.28. The third-order valence-electron chi connectivity index (χ3n) is 5.24. The lowest BCUT2D eigenvalue weighted by atomic mass is 9.87. The molecule has 1 aliphatic carbocycles. The van der Waals surface area contributed by atoms with E-state index < -0.39 is 0 Å². The molecule has 1 aliphatic rings. The molecule has 2 heterocycles. The van der Waals surface area contributed by atoms with E-state index in [1.165, 1.54) is 0 Å². The van der Waals surface area contributed by atoms with E-state index in [0.717, 1.165) is 47.8 Å². The third kappa shape index (κ3) is 3.39. The minimum absolute atomic E-state index is 0.0425. The molecule has 0 atom stereocenters. The number of ether oxygens (including phenoxy) is 1. The molecule has 8 nitrogen and oxygen atoms in total. The number of nitrogens with one attached hydrogen (secondary N) is 1. The Kier molecular flexibility index (Phi) is 4.55. The van der Waals surface area contributed by atoms with Gasteiger partial charge in [-0.3, -0.25) is 4.68 Å². The van der Waals surface area contributed by atoms with E-state index in [2.05, 4.69) is 20.6 Å². The predicted octanol–water partition coefficient (Wildman–Crippen LogP) is 3.31. The van der Waals surface area contributed by atoms with Crippen molar-refractivity contribution in [2.45, 2.75) is 44.6 Å². The van der Waals surface area contributed by atoms with Crippen LogP contribution in [0.4, 0.5) is 4.79 Å². The number of benzene rings is 1. The zero-order valence-electron chi connectivity index (χ0n) is 15.7. The van der Waals surface area contributed by atoms with E-state index in [0.29, 0.717) is 11.7 Å². The van der Waals surface area contributed by atoms with Gasteiger partial charge in [0.05, 0.1) is 11.2 Å². The topological polar surface area (TPSA) is 95.1 Å². The zero-order chi connectivity index (χ0) is 19.0. The fourth-order valence-electron chi connectivity index (χ4n) is 3.73. The largest absolute Gasteiger partial charge is 0.446 e. The number of aromatic nitrogens is 4. The molecule has 3 aromatic rings. The molecule has 142 valence electrons. The molecule has 0 saturated heterocycles. The summed E-state index contributed by atoms with van der Waals surface area (Å²) in [5.41, 5.74) is 2.96. The van der Waals surface area contributed by atoms with Gasteiger partial charge in [0.25, 0.3) is 0 Å². The molecule has 27 heavy (non-hydrogen) atoms. The molecule has 0 aliphatic heterocycles. The summed E-state index contributed by atoms with van der Waals surface area (Å²) in [5.74, 6) is 1.46. The number of nitrogens with zero attached hydrogens (tertiary/aromatic N) is 4. The van der Waals surface area contributed by atoms with Crippen LogP contribution in [-0.4, -0.2) is 39.2 Å². The van der Waals surface area contributed by atoms with Gasteiger partial charge in [0, 0.05) is 31.0 Å². The predicted molar refractivity (Wildman–Crippen MR) is 99.3 cm³/mol. The summed E-state index contributed by atoms with van der Waals surface area (Å²) in [6.07, 6.45) is 2.91. The van der Waals surface area contributed by atoms with Crippen LogP contribution >= 0.6 is 0 Å². The highest BCUT2D eigenvalue weighted by Crippen LogP contribution is 2.34. The maximum Gasteiger partial charge on any atom is 0.407 e. The Bertz CT molecular complexity index is 969. The second kappa shape index (κ2) is 7.02. The SMILES string of the molecule is CNC(=O)O[C@H]1CC[C@H](c2nc(-c3ccc4c(C)nn(C)c4c3)no2)CC1. The summed E-state index contributed by atoms with van der Waals surface area (Å²) in [5, 5.41) is 12.2. The Labute approximate surface area is 156 Å². The highest BCUT2D eigenvalue weighted by Gasteiger charge is 2.28. The summed E-state index contributed by atoms with van der Waals surface area (Å²) in [4.78, 5) is 16.0. The van der Waals surface area contributed by atoms with E-state index >= 15 is 0 Å². The van der Waals surface area contributed by atoms with Gasteiger partial charge in [-0.25, -0.2) is 4.79 Å². The van der Waals surface area contributed by atoms with Crippen molar-refractivity contribution >= 4 is 17.0 Å². The van der Waals surface area contributed by atoms with Gasteiger partial charge in [-0.05, 0) is 38.7 Å². The van der Waals surface area contributed by atoms with Crippen LogP contribution in [0.2, 0.25) is 0 Å². The average molecular weight is 369 g/mol. The Balaban J connectivity index is 1.48. The molecule has 1 amide bonds. The molecule has 8 heteroatoms. The van der Waals surface area contributed by atoms with Crippen molar-refractivity contribution in [1.29, 1.82) is 0 Å². The molecule has 1 saturated carbocycles. The third-order valence-corrected chi connectivity index (χ3v) is 5.24. The van der Waals surface area contributed by atoms with Crippen molar-refractivity contribution in [2.24, 2.45) is 7.05 Å². The highest BCUT2D eigenvalue weighted by atomic mass is 16.6. The van der Waals surface area contributed by atoms with E-state index in [1.54, 1.807) is 7.05 Å². The van der Waals surface area contributed by atoms with Crippen molar-refractivity contribution in [3.05, 3.63) is 29.8 Å². The minimum Gasteiger partial charge on any atom is -0.446 e. The molecule has 1 aromatic carbocycles. The fourth-order valence-corrected chi connectivity index (χ4v) is 3.73. The van der Waals surface area contributed by atoms with Crippen molar-refractivity contribution in [3.63, 3.8) is 0 Å². The molecular formula is C19H23N5O3. The molecule has 0 radical (unpaired) electrons. The van der Waals surface area contributed by atoms with Crippen molar-refractivity contribution in [1.82, 2.24) is 25.2 Å². The van der Waals surface area contributed by atoms with Crippen LogP contribution in [0.3, 0.4) is 0 Å². The molecule has 0 spiro atoms. The number of rotatable bonds is 3. The molecule has 0 unspecified atom stereocenters. The smallest absolute Gasteiger partial charge is 0.407 e. The molecule has 1 N–H and O–H groups in total. The Hall–Kier alpha value is -2.90. The number of alkyl carbamates (subject to hydrolysis) is 1. The number of amides is 1. The van der Waals surface area contributed by atoms with Crippen LogP contribution in [0.1, 0.15) is 43.2 Å². The van der Waals surface area contributed by atoms with Gasteiger partial charge >= 0.3 is 6.09 Å². The zero-order valence-corrected chi connectivity index (χ0v) is 15.7. The first-order valence-corrected chi connectivity index (χ1v) is 9.21. The van der Waals surface area contributed by atoms with Gasteiger partial charge in [-0.15, -0.1) is 0 Å². The van der Waals surface area contributed by atoms with E-state index in [-0.39, 0.29) is 18.1 Å². The number of hydrogen-bond donors (Lipinski definition) is 1. The Morgan fingerprint density at radius 3 is 2.81 bits per heavy atom. The lowest BCUT2D eigenvalue weighted by Gasteiger charge is -2.25. The van der Waals surface area contributed by atoms with Crippen molar-refractivity contribution in [3.8, 4) is 11.4 Å². The average Bonchev–Trinajstić information content (AvgIpc) is 3.27. The van der Waals surface area contributed by atoms with E-state index in [9.17, 15) is 4.79 Å². The molecule has 0 bridgehead atoms. The maximum absolute atomic E-state index is 11.3. The maximum atomic E-state index is 11.3. The number of hydrogen-bond acceptors (Lipinski definition) is 6. The summed E-state index contributed by atoms with van der Waals surface area (Å²) in [7, 11) is 3.50. The highest BCUT2D eigenvalue weighted by molar-refractivity contribution is 5.85. The lowest BCUT2D eigenvalue weighted by molar-refractivity contribution is 0.0704.